The van der Waals surface area contributed by atoms with Crippen molar-refractivity contribution in [2.75, 3.05) is 20.3 Å². The van der Waals surface area contributed by atoms with Crippen molar-refractivity contribution in [3.05, 3.63) is 0 Å². The van der Waals surface area contributed by atoms with Crippen LogP contribution in [-0.4, -0.2) is 26.2 Å². The number of hydrogen-bond acceptors (Lipinski definition) is 2. The van der Waals surface area contributed by atoms with E-state index in [4.69, 9.17) is 4.74 Å². The summed E-state index contributed by atoms with van der Waals surface area (Å²) in [5, 5.41) is 2.86. The van der Waals surface area contributed by atoms with E-state index in [1.165, 1.54) is 12.8 Å². The summed E-state index contributed by atoms with van der Waals surface area (Å²) in [6.07, 6.45) is 3.54. The lowest BCUT2D eigenvalue weighted by molar-refractivity contribution is -0.119. The topological polar surface area (TPSA) is 38.3 Å². The van der Waals surface area contributed by atoms with Gasteiger partial charge in [-0.1, -0.05) is 0 Å². The average Bonchev–Trinajstić information content (AvgIpc) is 2.79. The zero-order chi connectivity index (χ0) is 9.03. The maximum Gasteiger partial charge on any atom is 0.216 e. The van der Waals surface area contributed by atoms with Crippen LogP contribution in [0.4, 0.5) is 0 Å². The van der Waals surface area contributed by atoms with Gasteiger partial charge in [-0.15, -0.1) is 0 Å². The highest BCUT2D eigenvalue weighted by atomic mass is 16.5. The molecule has 1 N–H and O–H groups in total. The molecular formula is C9H17NO2. The van der Waals surface area contributed by atoms with Crippen molar-refractivity contribution in [1.29, 1.82) is 0 Å². The molecule has 3 heteroatoms. The predicted molar refractivity (Wildman–Crippen MR) is 46.8 cm³/mol. The van der Waals surface area contributed by atoms with Gasteiger partial charge in [0.05, 0.1) is 0 Å². The largest absolute Gasteiger partial charge is 0.385 e. The SMILES string of the molecule is COCCC1(CNC(C)=O)CC1. The van der Waals surface area contributed by atoms with E-state index in [1.807, 2.05) is 0 Å². The van der Waals surface area contributed by atoms with Crippen LogP contribution in [0.15, 0.2) is 0 Å². The second-order valence-corrected chi connectivity index (χ2v) is 3.65. The van der Waals surface area contributed by atoms with Crippen molar-refractivity contribution < 1.29 is 9.53 Å². The van der Waals surface area contributed by atoms with Gasteiger partial charge in [-0.25, -0.2) is 0 Å². The van der Waals surface area contributed by atoms with Gasteiger partial charge in [0.1, 0.15) is 0 Å². The molecule has 0 saturated heterocycles. The molecule has 0 unspecified atom stereocenters. The second kappa shape index (κ2) is 3.90. The van der Waals surface area contributed by atoms with Crippen LogP contribution >= 0.6 is 0 Å². The Morgan fingerprint density at radius 1 is 1.58 bits per heavy atom. The number of nitrogens with one attached hydrogen (secondary N) is 1. The zero-order valence-corrected chi connectivity index (χ0v) is 7.85. The summed E-state index contributed by atoms with van der Waals surface area (Å²) in [4.78, 5) is 10.6. The molecule has 0 aromatic rings. The predicted octanol–water partition coefficient (Wildman–Crippen LogP) is 0.939. The molecule has 12 heavy (non-hydrogen) atoms. The van der Waals surface area contributed by atoms with Crippen LogP contribution in [0.25, 0.3) is 0 Å². The molecule has 1 saturated carbocycles. The van der Waals surface area contributed by atoms with Gasteiger partial charge in [0.2, 0.25) is 5.91 Å². The van der Waals surface area contributed by atoms with Crippen molar-refractivity contribution in [3.8, 4) is 0 Å². The molecule has 0 spiro atoms. The van der Waals surface area contributed by atoms with E-state index >= 15 is 0 Å². The standard InChI is InChI=1S/C9H17NO2/c1-8(11)10-7-9(3-4-9)5-6-12-2/h3-7H2,1-2H3,(H,10,11). The summed E-state index contributed by atoms with van der Waals surface area (Å²) < 4.78 is 5.01. The first-order valence-electron chi connectivity index (χ1n) is 4.42. The van der Waals surface area contributed by atoms with E-state index in [2.05, 4.69) is 5.32 Å². The summed E-state index contributed by atoms with van der Waals surface area (Å²) in [6, 6.07) is 0. The first-order valence-corrected chi connectivity index (χ1v) is 4.42. The minimum atomic E-state index is 0.0682. The normalized spacial score (nSPS) is 18.8. The monoisotopic (exact) mass is 171 g/mol. The third-order valence-electron chi connectivity index (χ3n) is 2.51. The minimum Gasteiger partial charge on any atom is -0.385 e. The summed E-state index contributed by atoms with van der Waals surface area (Å²) in [6.45, 7) is 3.19. The Morgan fingerprint density at radius 2 is 2.25 bits per heavy atom. The molecule has 3 nitrogen and oxygen atoms in total. The van der Waals surface area contributed by atoms with E-state index in [-0.39, 0.29) is 5.91 Å². The van der Waals surface area contributed by atoms with Crippen LogP contribution in [0.5, 0.6) is 0 Å². The molecule has 0 heterocycles. The Kier molecular flexibility index (Phi) is 3.09. The van der Waals surface area contributed by atoms with Gasteiger partial charge in [0.15, 0.2) is 0 Å². The van der Waals surface area contributed by atoms with Gasteiger partial charge >= 0.3 is 0 Å². The van der Waals surface area contributed by atoms with Crippen molar-refractivity contribution in [2.45, 2.75) is 26.2 Å². The lowest BCUT2D eigenvalue weighted by Gasteiger charge is -2.14. The van der Waals surface area contributed by atoms with Crippen LogP contribution in [-0.2, 0) is 9.53 Å². The van der Waals surface area contributed by atoms with Crippen LogP contribution in [0.3, 0.4) is 0 Å². The molecule has 1 amide bonds. The fraction of sp³-hybridized carbons (Fsp3) is 0.889. The lowest BCUT2D eigenvalue weighted by atomic mass is 10.0. The van der Waals surface area contributed by atoms with Gasteiger partial charge in [0, 0.05) is 27.2 Å². The second-order valence-electron chi connectivity index (χ2n) is 3.65. The Morgan fingerprint density at radius 3 is 2.67 bits per heavy atom. The number of carbonyl (C=O) groups is 1. The van der Waals surface area contributed by atoms with Crippen molar-refractivity contribution in [2.24, 2.45) is 5.41 Å². The van der Waals surface area contributed by atoms with Crippen molar-refractivity contribution in [1.82, 2.24) is 5.32 Å². The smallest absolute Gasteiger partial charge is 0.216 e. The van der Waals surface area contributed by atoms with Crippen LogP contribution in [0.2, 0.25) is 0 Å². The van der Waals surface area contributed by atoms with Crippen LogP contribution in [0, 0.1) is 5.41 Å². The molecule has 70 valence electrons. The Labute approximate surface area is 73.5 Å². The van der Waals surface area contributed by atoms with E-state index in [1.54, 1.807) is 14.0 Å². The molecule has 0 aliphatic heterocycles. The molecule has 1 fully saturated rings. The Bertz CT molecular complexity index is 164. The van der Waals surface area contributed by atoms with E-state index in [9.17, 15) is 4.79 Å². The van der Waals surface area contributed by atoms with Gasteiger partial charge in [0.25, 0.3) is 0 Å². The summed E-state index contributed by atoms with van der Waals surface area (Å²) >= 11 is 0. The van der Waals surface area contributed by atoms with Crippen molar-refractivity contribution in [3.63, 3.8) is 0 Å². The molecule has 1 rings (SSSR count). The fourth-order valence-corrected chi connectivity index (χ4v) is 1.32. The number of methoxy groups -OCH3 is 1. The molecule has 0 atom stereocenters. The summed E-state index contributed by atoms with van der Waals surface area (Å²) in [5.74, 6) is 0.0682. The summed E-state index contributed by atoms with van der Waals surface area (Å²) in [7, 11) is 1.72. The van der Waals surface area contributed by atoms with Gasteiger partial charge < -0.3 is 10.1 Å². The van der Waals surface area contributed by atoms with E-state index in [0.29, 0.717) is 5.41 Å². The maximum absolute atomic E-state index is 10.6. The number of hydrogen-bond donors (Lipinski definition) is 1. The quantitative estimate of drug-likeness (QED) is 0.668. The average molecular weight is 171 g/mol. The van der Waals surface area contributed by atoms with Crippen LogP contribution < -0.4 is 5.32 Å². The fourth-order valence-electron chi connectivity index (χ4n) is 1.32. The van der Waals surface area contributed by atoms with Gasteiger partial charge in [-0.3, -0.25) is 4.79 Å². The molecule has 0 radical (unpaired) electrons. The molecular weight excluding hydrogens is 154 g/mol. The molecule has 0 aromatic heterocycles. The highest BCUT2D eigenvalue weighted by Crippen LogP contribution is 2.48. The highest BCUT2D eigenvalue weighted by Gasteiger charge is 2.41. The minimum absolute atomic E-state index is 0.0682. The number of carbonyl (C=O) groups excluding carboxylic acids is 1. The lowest BCUT2D eigenvalue weighted by Crippen LogP contribution is -2.28. The molecule has 1 aliphatic carbocycles. The third-order valence-corrected chi connectivity index (χ3v) is 2.51. The third kappa shape index (κ3) is 2.81. The summed E-state index contributed by atoms with van der Waals surface area (Å²) in [5.41, 5.74) is 0.377. The van der Waals surface area contributed by atoms with E-state index < -0.39 is 0 Å². The van der Waals surface area contributed by atoms with Crippen LogP contribution in [0.1, 0.15) is 26.2 Å². The van der Waals surface area contributed by atoms with Gasteiger partial charge in [-0.05, 0) is 24.7 Å². The molecule has 0 bridgehead atoms. The highest BCUT2D eigenvalue weighted by molar-refractivity contribution is 5.72. The maximum atomic E-state index is 10.6. The zero-order valence-electron chi connectivity index (χ0n) is 7.85. The first-order chi connectivity index (χ1) is 5.68. The molecule has 1 aliphatic rings. The number of amides is 1. The first kappa shape index (κ1) is 9.52. The Hall–Kier alpha value is -0.570. The van der Waals surface area contributed by atoms with Gasteiger partial charge in [-0.2, -0.15) is 0 Å². The number of ether oxygens (including phenoxy) is 1. The van der Waals surface area contributed by atoms with Crippen molar-refractivity contribution >= 4 is 5.91 Å². The van der Waals surface area contributed by atoms with E-state index in [0.717, 1.165) is 19.6 Å². The molecule has 0 aromatic carbocycles. The number of rotatable bonds is 5. The Balaban J connectivity index is 2.16.